The first-order valence-corrected chi connectivity index (χ1v) is 21.5. The van der Waals surface area contributed by atoms with E-state index in [0.717, 1.165) is 122 Å². The molecule has 5 heterocycles. The van der Waals surface area contributed by atoms with Gasteiger partial charge in [-0.3, -0.25) is 9.59 Å². The number of alkyl carbamates (subject to hydrolysis) is 2. The van der Waals surface area contributed by atoms with E-state index in [1.165, 1.54) is 14.2 Å². The van der Waals surface area contributed by atoms with Crippen LogP contribution in [0.1, 0.15) is 101 Å². The summed E-state index contributed by atoms with van der Waals surface area (Å²) in [4.78, 5) is 77.7. The van der Waals surface area contributed by atoms with Gasteiger partial charge < -0.3 is 39.9 Å². The summed E-state index contributed by atoms with van der Waals surface area (Å²) in [6, 6.07) is 14.9. The summed E-state index contributed by atoms with van der Waals surface area (Å²) in [6.45, 7) is 1.22. The molecule has 2 saturated heterocycles. The van der Waals surface area contributed by atoms with E-state index in [0.29, 0.717) is 24.6 Å². The fraction of sp³-hybridized carbons (Fsp3) is 0.489. The lowest BCUT2D eigenvalue weighted by Gasteiger charge is -2.31. The molecule has 0 spiro atoms. The molecule has 2 saturated carbocycles. The number of rotatable bonds is 10. The third-order valence-corrected chi connectivity index (χ3v) is 13.3. The summed E-state index contributed by atoms with van der Waals surface area (Å²) in [6.07, 6.45) is 11.8. The normalized spacial score (nSPS) is 20.8. The largest absolute Gasteiger partial charge is 0.453 e. The number of carbonyl (C=O) groups excluding carboxylic acids is 4. The highest BCUT2D eigenvalue weighted by molar-refractivity contribution is 5.91. The zero-order chi connectivity index (χ0) is 41.3. The summed E-state index contributed by atoms with van der Waals surface area (Å²) < 4.78 is 9.76. The van der Waals surface area contributed by atoms with Gasteiger partial charge in [0.2, 0.25) is 11.8 Å². The Kier molecular flexibility index (Phi) is 11.1. The number of methoxy groups -OCH3 is 2. The van der Waals surface area contributed by atoms with E-state index >= 15 is 0 Å². The van der Waals surface area contributed by atoms with E-state index in [2.05, 4.69) is 57.0 Å². The molecule has 15 nitrogen and oxygen atoms in total. The molecule has 3 aromatic heterocycles. The average molecular weight is 816 g/mol. The van der Waals surface area contributed by atoms with Gasteiger partial charge in [-0.1, -0.05) is 49.9 Å². The smallest absolute Gasteiger partial charge is 0.407 e. The second kappa shape index (κ2) is 16.9. The predicted molar refractivity (Wildman–Crippen MR) is 224 cm³/mol. The van der Waals surface area contributed by atoms with Gasteiger partial charge in [0.05, 0.1) is 49.4 Å². The molecule has 0 unspecified atom stereocenters. The number of hydrogen-bond donors (Lipinski definition) is 4. The number of amides is 4. The molecular weight excluding hydrogens is 763 g/mol. The Morgan fingerprint density at radius 3 is 1.78 bits per heavy atom. The highest BCUT2D eigenvalue weighted by Crippen LogP contribution is 2.38. The van der Waals surface area contributed by atoms with Gasteiger partial charge in [0.25, 0.3) is 0 Å². The first kappa shape index (κ1) is 39.5. The number of aromatic nitrogens is 5. The SMILES string of the molecule is COC(=O)N[C@H](C(=O)N1CCC[C@H]1c1ncc(-c2ccc3cc(-c4ccc5[nH]c([C@@H]6CCCN6C(=O)[C@@H](NC(=O)OC)C6CCCC6)nc5n4)ccc3c2)[nH]1)C1CCCC1. The van der Waals surface area contributed by atoms with Crippen molar-refractivity contribution in [1.82, 2.24) is 45.4 Å². The number of benzene rings is 2. The van der Waals surface area contributed by atoms with Gasteiger partial charge in [-0.2, -0.15) is 0 Å². The van der Waals surface area contributed by atoms with Crippen LogP contribution in [0.2, 0.25) is 0 Å². The van der Waals surface area contributed by atoms with Gasteiger partial charge in [0, 0.05) is 24.2 Å². The monoisotopic (exact) mass is 815 g/mol. The molecule has 60 heavy (non-hydrogen) atoms. The van der Waals surface area contributed by atoms with Gasteiger partial charge in [0.1, 0.15) is 23.7 Å². The number of imidazole rings is 2. The fourth-order valence-electron chi connectivity index (χ4n) is 10.2. The highest BCUT2D eigenvalue weighted by Gasteiger charge is 2.42. The maximum atomic E-state index is 14.0. The Bertz CT molecular complexity index is 2400. The number of nitrogens with zero attached hydrogens (tertiary/aromatic N) is 5. The summed E-state index contributed by atoms with van der Waals surface area (Å²) >= 11 is 0. The van der Waals surface area contributed by atoms with Gasteiger partial charge >= 0.3 is 12.2 Å². The summed E-state index contributed by atoms with van der Waals surface area (Å²) in [5, 5.41) is 7.80. The molecule has 5 aromatic rings. The van der Waals surface area contributed by atoms with Gasteiger partial charge in [-0.05, 0) is 98.2 Å². The number of pyridine rings is 1. The molecule has 2 aliphatic carbocycles. The van der Waals surface area contributed by atoms with Crippen LogP contribution in [0.15, 0.2) is 54.7 Å². The molecule has 4 fully saturated rings. The molecule has 0 bridgehead atoms. The van der Waals surface area contributed by atoms with Gasteiger partial charge in [-0.15, -0.1) is 0 Å². The quantitative estimate of drug-likeness (QED) is 0.112. The van der Waals surface area contributed by atoms with Crippen LogP contribution >= 0.6 is 0 Å². The number of H-pyrrole nitrogens is 2. The van der Waals surface area contributed by atoms with E-state index in [1.54, 1.807) is 0 Å². The van der Waals surface area contributed by atoms with Crippen molar-refractivity contribution >= 4 is 45.9 Å². The van der Waals surface area contributed by atoms with Crippen LogP contribution in [0.5, 0.6) is 0 Å². The topological polar surface area (TPSA) is 188 Å². The van der Waals surface area contributed by atoms with Crippen molar-refractivity contribution < 1.29 is 28.7 Å². The number of carbonyl (C=O) groups is 4. The van der Waals surface area contributed by atoms with Crippen molar-refractivity contribution in [3.63, 3.8) is 0 Å². The highest BCUT2D eigenvalue weighted by atomic mass is 16.5. The van der Waals surface area contributed by atoms with E-state index < -0.39 is 24.3 Å². The number of hydrogen-bond acceptors (Lipinski definition) is 9. The number of likely N-dealkylation sites (tertiary alicyclic amines) is 2. The lowest BCUT2D eigenvalue weighted by molar-refractivity contribution is -0.136. The van der Waals surface area contributed by atoms with Crippen LogP contribution in [0.25, 0.3) is 44.5 Å². The van der Waals surface area contributed by atoms with Crippen molar-refractivity contribution in [2.75, 3.05) is 27.3 Å². The van der Waals surface area contributed by atoms with Crippen LogP contribution in [-0.2, 0) is 19.1 Å². The summed E-state index contributed by atoms with van der Waals surface area (Å²) in [5.74, 6) is 1.49. The molecule has 4 N–H and O–H groups in total. The molecule has 15 heteroatoms. The van der Waals surface area contributed by atoms with E-state index in [1.807, 2.05) is 28.1 Å². The molecule has 0 radical (unpaired) electrons. The maximum absolute atomic E-state index is 14.0. The number of aromatic amines is 2. The van der Waals surface area contributed by atoms with Crippen LogP contribution < -0.4 is 10.6 Å². The number of nitrogens with one attached hydrogen (secondary N) is 4. The summed E-state index contributed by atoms with van der Waals surface area (Å²) in [5.41, 5.74) is 4.99. The summed E-state index contributed by atoms with van der Waals surface area (Å²) in [7, 11) is 2.65. The number of ether oxygens (including phenoxy) is 2. The van der Waals surface area contributed by atoms with Gasteiger partial charge in [-0.25, -0.2) is 24.5 Å². The molecule has 4 atom stereocenters. The lowest BCUT2D eigenvalue weighted by Crippen LogP contribution is -2.51. The van der Waals surface area contributed by atoms with Crippen LogP contribution in [0.3, 0.4) is 0 Å². The predicted octanol–water partition coefficient (Wildman–Crippen LogP) is 7.32. The maximum Gasteiger partial charge on any atom is 0.407 e. The van der Waals surface area contributed by atoms with E-state index in [-0.39, 0.29) is 35.7 Å². The minimum Gasteiger partial charge on any atom is -0.453 e. The second-order valence-electron chi connectivity index (χ2n) is 16.8. The van der Waals surface area contributed by atoms with Gasteiger partial charge in [0.15, 0.2) is 5.65 Å². The second-order valence-corrected chi connectivity index (χ2v) is 16.8. The van der Waals surface area contributed by atoms with Crippen molar-refractivity contribution in [2.24, 2.45) is 11.8 Å². The third kappa shape index (κ3) is 7.77. The molecule has 314 valence electrons. The molecule has 2 aromatic carbocycles. The Morgan fingerprint density at radius 1 is 0.650 bits per heavy atom. The van der Waals surface area contributed by atoms with Crippen molar-refractivity contribution in [1.29, 1.82) is 0 Å². The molecule has 4 amide bonds. The van der Waals surface area contributed by atoms with Crippen LogP contribution in [0, 0.1) is 11.8 Å². The molecule has 2 aliphatic heterocycles. The average Bonchev–Trinajstić information content (AvgIpc) is 4.12. The van der Waals surface area contributed by atoms with Crippen molar-refractivity contribution in [2.45, 2.75) is 101 Å². The first-order chi connectivity index (χ1) is 29.3. The van der Waals surface area contributed by atoms with Crippen LogP contribution in [-0.4, -0.2) is 98.1 Å². The Morgan fingerprint density at radius 2 is 1.20 bits per heavy atom. The van der Waals surface area contributed by atoms with E-state index in [9.17, 15) is 19.2 Å². The molecular formula is C45H53N9O6. The fourth-order valence-corrected chi connectivity index (χ4v) is 10.2. The minimum absolute atomic E-state index is 0.0677. The minimum atomic E-state index is -0.617. The Labute approximate surface area is 348 Å². The Balaban J connectivity index is 0.903. The standard InChI is InChI=1S/C45H53N9O6/c1-59-44(57)50-37(26-9-3-4-10-26)42(55)53-21-7-13-35(53)40-46-25-34(49-40)31-18-16-28-23-30(17-15-29(28)24-31)32-19-20-33-39(47-32)52-41(48-33)36-14-8-22-54(36)43(56)38(51-45(58)60-2)27-11-5-6-12-27/h15-20,23-27,35-38H,3-14,21-22H2,1-2H3,(H,46,49)(H,50,57)(H,51,58)(H,47,48,52)/t35-,36-,37-,38-/m0/s1. The zero-order valence-corrected chi connectivity index (χ0v) is 34.2. The molecule has 4 aliphatic rings. The zero-order valence-electron chi connectivity index (χ0n) is 34.2. The number of fused-ring (bicyclic) bond motifs is 2. The van der Waals surface area contributed by atoms with Crippen molar-refractivity contribution in [3.05, 3.63) is 66.4 Å². The lowest BCUT2D eigenvalue weighted by atomic mass is 9.96. The van der Waals surface area contributed by atoms with Crippen LogP contribution in [0.4, 0.5) is 9.59 Å². The Hall–Kier alpha value is -5.99. The third-order valence-electron chi connectivity index (χ3n) is 13.3. The molecule has 9 rings (SSSR count). The van der Waals surface area contributed by atoms with E-state index in [4.69, 9.17) is 24.4 Å². The van der Waals surface area contributed by atoms with Crippen molar-refractivity contribution in [3.8, 4) is 22.5 Å². The first-order valence-electron chi connectivity index (χ1n) is 21.5.